The smallest absolute Gasteiger partial charge is 0.0936 e. The number of nitrogens with one attached hydrogen (secondary N) is 1. The zero-order valence-corrected chi connectivity index (χ0v) is 13.6. The third-order valence-corrected chi connectivity index (χ3v) is 5.06. The monoisotopic (exact) mass is 268 g/mol. The van der Waals surface area contributed by atoms with Crippen LogP contribution in [0, 0.1) is 19.3 Å². The van der Waals surface area contributed by atoms with Crippen molar-refractivity contribution < 1.29 is 0 Å². The predicted octanol–water partition coefficient (Wildman–Crippen LogP) is 4.11. The molecule has 0 saturated heterocycles. The van der Waals surface area contributed by atoms with Crippen LogP contribution in [0.1, 0.15) is 56.1 Å². The number of aromatic nitrogens is 1. The molecule has 0 fully saturated rings. The Morgan fingerprint density at radius 1 is 1.22 bits per heavy atom. The summed E-state index contributed by atoms with van der Waals surface area (Å²) in [6.07, 6.45) is 3.53. The van der Waals surface area contributed by atoms with E-state index in [9.17, 15) is 0 Å². The highest BCUT2D eigenvalue weighted by Crippen LogP contribution is 2.32. The van der Waals surface area contributed by atoms with Crippen molar-refractivity contribution in [2.24, 2.45) is 5.41 Å². The largest absolute Gasteiger partial charge is 0.314 e. The van der Waals surface area contributed by atoms with Crippen LogP contribution >= 0.6 is 11.3 Å². The Hall–Kier alpha value is -0.410. The van der Waals surface area contributed by atoms with Crippen molar-refractivity contribution in [2.75, 3.05) is 6.54 Å². The third-order valence-electron chi connectivity index (χ3n) is 3.98. The van der Waals surface area contributed by atoms with Gasteiger partial charge in [-0.3, -0.25) is 0 Å². The first-order valence-corrected chi connectivity index (χ1v) is 7.90. The maximum atomic E-state index is 4.71. The highest BCUT2D eigenvalue weighted by molar-refractivity contribution is 7.11. The fraction of sp³-hybridized carbons (Fsp3) is 0.800. The molecule has 3 heteroatoms. The predicted molar refractivity (Wildman–Crippen MR) is 81.4 cm³/mol. The van der Waals surface area contributed by atoms with Crippen LogP contribution in [-0.4, -0.2) is 17.6 Å². The zero-order chi connectivity index (χ0) is 13.8. The van der Waals surface area contributed by atoms with Gasteiger partial charge in [0.1, 0.15) is 0 Å². The number of nitrogens with zero attached hydrogens (tertiary/aromatic N) is 1. The summed E-state index contributed by atoms with van der Waals surface area (Å²) in [6, 6.07) is 0.558. The number of aryl methyl sites for hydroxylation is 2. The van der Waals surface area contributed by atoms with Crippen LogP contribution < -0.4 is 5.32 Å². The van der Waals surface area contributed by atoms with Gasteiger partial charge < -0.3 is 5.32 Å². The lowest BCUT2D eigenvalue weighted by Crippen LogP contribution is -2.38. The summed E-state index contributed by atoms with van der Waals surface area (Å²) in [7, 11) is 0. The quantitative estimate of drug-likeness (QED) is 0.805. The second-order valence-corrected chi connectivity index (χ2v) is 6.96. The Labute approximate surface area is 116 Å². The molecule has 1 N–H and O–H groups in total. The zero-order valence-electron chi connectivity index (χ0n) is 12.8. The fourth-order valence-electron chi connectivity index (χ4n) is 2.17. The van der Waals surface area contributed by atoms with E-state index in [1.165, 1.54) is 28.4 Å². The van der Waals surface area contributed by atoms with E-state index < -0.39 is 0 Å². The molecule has 0 aliphatic carbocycles. The molecule has 18 heavy (non-hydrogen) atoms. The van der Waals surface area contributed by atoms with E-state index >= 15 is 0 Å². The van der Waals surface area contributed by atoms with Gasteiger partial charge in [0.2, 0.25) is 0 Å². The molecule has 104 valence electrons. The van der Waals surface area contributed by atoms with Gasteiger partial charge in [-0.05, 0) is 32.1 Å². The standard InChI is InChI=1S/C15H28N2S/c1-7-15(8-2,10-16-11(3)4)9-14-17-12(5)13(6)18-14/h11,16H,7-10H2,1-6H3. The molecule has 0 spiro atoms. The summed E-state index contributed by atoms with van der Waals surface area (Å²) in [5, 5.41) is 4.91. The van der Waals surface area contributed by atoms with Crippen molar-refractivity contribution in [3.8, 4) is 0 Å². The van der Waals surface area contributed by atoms with E-state index in [-0.39, 0.29) is 0 Å². The summed E-state index contributed by atoms with van der Waals surface area (Å²) >= 11 is 1.87. The van der Waals surface area contributed by atoms with Gasteiger partial charge in [0.05, 0.1) is 10.7 Å². The minimum atomic E-state index is 0.362. The molecule has 0 bridgehead atoms. The van der Waals surface area contributed by atoms with Crippen LogP contribution in [0.25, 0.3) is 0 Å². The average molecular weight is 268 g/mol. The molecule has 0 aliphatic rings. The molecule has 0 unspecified atom stereocenters. The van der Waals surface area contributed by atoms with Gasteiger partial charge >= 0.3 is 0 Å². The van der Waals surface area contributed by atoms with Gasteiger partial charge in [0, 0.05) is 23.9 Å². The van der Waals surface area contributed by atoms with Crippen LogP contribution in [0.2, 0.25) is 0 Å². The summed E-state index contributed by atoms with van der Waals surface area (Å²) in [6.45, 7) is 14.4. The Bertz CT molecular complexity index is 345. The van der Waals surface area contributed by atoms with E-state index in [0.29, 0.717) is 11.5 Å². The van der Waals surface area contributed by atoms with Crippen molar-refractivity contribution in [1.29, 1.82) is 0 Å². The number of rotatable bonds is 7. The van der Waals surface area contributed by atoms with Crippen LogP contribution in [0.5, 0.6) is 0 Å². The molecule has 0 aliphatic heterocycles. The maximum Gasteiger partial charge on any atom is 0.0936 e. The molecule has 0 radical (unpaired) electrons. The summed E-state index contributed by atoms with van der Waals surface area (Å²) < 4.78 is 0. The van der Waals surface area contributed by atoms with E-state index in [4.69, 9.17) is 4.98 Å². The molecule has 1 rings (SSSR count). The van der Waals surface area contributed by atoms with Crippen LogP contribution in [-0.2, 0) is 6.42 Å². The first kappa shape index (κ1) is 15.6. The van der Waals surface area contributed by atoms with Gasteiger partial charge in [-0.1, -0.05) is 27.7 Å². The molecular weight excluding hydrogens is 240 g/mol. The lowest BCUT2D eigenvalue weighted by molar-refractivity contribution is 0.239. The second kappa shape index (κ2) is 6.67. The van der Waals surface area contributed by atoms with Crippen LogP contribution in [0.4, 0.5) is 0 Å². The summed E-state index contributed by atoms with van der Waals surface area (Å²) in [4.78, 5) is 6.07. The molecule has 0 aromatic carbocycles. The lowest BCUT2D eigenvalue weighted by atomic mass is 9.79. The van der Waals surface area contributed by atoms with Crippen molar-refractivity contribution >= 4 is 11.3 Å². The Balaban J connectivity index is 2.78. The number of thiazole rings is 1. The highest BCUT2D eigenvalue weighted by atomic mass is 32.1. The van der Waals surface area contributed by atoms with E-state index in [1.54, 1.807) is 0 Å². The minimum Gasteiger partial charge on any atom is -0.314 e. The van der Waals surface area contributed by atoms with Crippen molar-refractivity contribution in [2.45, 2.75) is 66.8 Å². The first-order valence-electron chi connectivity index (χ1n) is 7.08. The van der Waals surface area contributed by atoms with Gasteiger partial charge in [-0.2, -0.15) is 0 Å². The lowest BCUT2D eigenvalue weighted by Gasteiger charge is -2.32. The Kier molecular flexibility index (Phi) is 5.80. The first-order chi connectivity index (χ1) is 8.42. The van der Waals surface area contributed by atoms with E-state index in [2.05, 4.69) is 46.9 Å². The Morgan fingerprint density at radius 3 is 2.22 bits per heavy atom. The summed E-state index contributed by atoms with van der Waals surface area (Å²) in [5.41, 5.74) is 1.56. The van der Waals surface area contributed by atoms with Gasteiger partial charge in [0.25, 0.3) is 0 Å². The molecule has 1 aromatic rings. The van der Waals surface area contributed by atoms with E-state index in [0.717, 1.165) is 13.0 Å². The van der Waals surface area contributed by atoms with Crippen molar-refractivity contribution in [3.05, 3.63) is 15.6 Å². The fourth-order valence-corrected chi connectivity index (χ4v) is 3.28. The van der Waals surface area contributed by atoms with Crippen molar-refractivity contribution in [1.82, 2.24) is 10.3 Å². The minimum absolute atomic E-state index is 0.362. The normalized spacial score (nSPS) is 12.4. The van der Waals surface area contributed by atoms with Crippen LogP contribution in [0.3, 0.4) is 0 Å². The summed E-state index contributed by atoms with van der Waals surface area (Å²) in [5.74, 6) is 0. The molecule has 2 nitrogen and oxygen atoms in total. The topological polar surface area (TPSA) is 24.9 Å². The average Bonchev–Trinajstić information content (AvgIpc) is 2.64. The molecule has 0 amide bonds. The SMILES string of the molecule is CCC(CC)(CNC(C)C)Cc1nc(C)c(C)s1. The third kappa shape index (κ3) is 4.06. The maximum absolute atomic E-state index is 4.71. The molecular formula is C15H28N2S. The van der Waals surface area contributed by atoms with Gasteiger partial charge in [-0.25, -0.2) is 4.98 Å². The van der Waals surface area contributed by atoms with Gasteiger partial charge in [0.15, 0.2) is 0 Å². The second-order valence-electron chi connectivity index (χ2n) is 5.67. The Morgan fingerprint density at radius 2 is 1.83 bits per heavy atom. The van der Waals surface area contributed by atoms with Crippen molar-refractivity contribution in [3.63, 3.8) is 0 Å². The van der Waals surface area contributed by atoms with Gasteiger partial charge in [-0.15, -0.1) is 11.3 Å². The van der Waals surface area contributed by atoms with Crippen LogP contribution in [0.15, 0.2) is 0 Å². The molecule has 0 atom stereocenters. The number of hydrogen-bond acceptors (Lipinski definition) is 3. The number of hydrogen-bond donors (Lipinski definition) is 1. The molecule has 0 saturated carbocycles. The highest BCUT2D eigenvalue weighted by Gasteiger charge is 2.28. The van der Waals surface area contributed by atoms with E-state index in [1.807, 2.05) is 11.3 Å². The molecule has 1 aromatic heterocycles. The molecule has 1 heterocycles.